The standard InChI is InChI=1S/C25H27N3O6/c1-17-13-22(27-34-17)26-23(29)15-28-10-7-18(8-11-28)21(14-28)33-24(30)25(31,20-9-12-32-16-20)19-5-3-2-4-6-19/h2-6,9,12-13,16,18,21,31H,7-8,10-11,14-15H2,1H3/p+1/t18?,21?,25-,28?/m1/s1. The first-order valence-corrected chi connectivity index (χ1v) is 11.5. The molecule has 2 atom stereocenters. The third-order valence-corrected chi connectivity index (χ3v) is 7.10. The number of benzene rings is 1. The third kappa shape index (κ3) is 4.12. The van der Waals surface area contributed by atoms with Crippen molar-refractivity contribution in [3.63, 3.8) is 0 Å². The lowest BCUT2D eigenvalue weighted by Gasteiger charge is -2.51. The van der Waals surface area contributed by atoms with E-state index in [1.54, 1.807) is 43.3 Å². The van der Waals surface area contributed by atoms with Crippen LogP contribution in [0.15, 0.2) is 63.9 Å². The zero-order valence-corrected chi connectivity index (χ0v) is 19.0. The molecule has 1 unspecified atom stereocenters. The molecule has 0 spiro atoms. The van der Waals surface area contributed by atoms with E-state index in [1.807, 2.05) is 6.07 Å². The zero-order chi connectivity index (χ0) is 23.8. The lowest BCUT2D eigenvalue weighted by molar-refractivity contribution is -0.939. The van der Waals surface area contributed by atoms with E-state index in [9.17, 15) is 14.7 Å². The predicted octanol–water partition coefficient (Wildman–Crippen LogP) is 2.60. The monoisotopic (exact) mass is 466 g/mol. The summed E-state index contributed by atoms with van der Waals surface area (Å²) in [4.78, 5) is 26.2. The summed E-state index contributed by atoms with van der Waals surface area (Å²) in [7, 11) is 0. The van der Waals surface area contributed by atoms with Crippen molar-refractivity contribution in [3.8, 4) is 0 Å². The maximum absolute atomic E-state index is 13.5. The van der Waals surface area contributed by atoms with Crippen LogP contribution in [0.2, 0.25) is 0 Å². The molecular weight excluding hydrogens is 438 g/mol. The molecule has 2 bridgehead atoms. The first-order valence-electron chi connectivity index (χ1n) is 11.5. The van der Waals surface area contributed by atoms with Gasteiger partial charge in [0.25, 0.3) is 5.91 Å². The van der Waals surface area contributed by atoms with Gasteiger partial charge in [0.15, 0.2) is 18.5 Å². The van der Waals surface area contributed by atoms with E-state index in [0.29, 0.717) is 33.7 Å². The molecule has 178 valence electrons. The molecule has 3 aliphatic rings. The average Bonchev–Trinajstić information content (AvgIpc) is 3.52. The van der Waals surface area contributed by atoms with Crippen molar-refractivity contribution >= 4 is 17.7 Å². The number of nitrogens with zero attached hydrogens (tertiary/aromatic N) is 2. The second-order valence-electron chi connectivity index (χ2n) is 9.37. The van der Waals surface area contributed by atoms with Gasteiger partial charge in [-0.05, 0) is 18.6 Å². The lowest BCUT2D eigenvalue weighted by atomic mass is 9.82. The van der Waals surface area contributed by atoms with Gasteiger partial charge in [0, 0.05) is 30.4 Å². The number of aliphatic hydroxyl groups is 1. The van der Waals surface area contributed by atoms with Crippen molar-refractivity contribution in [3.05, 3.63) is 71.9 Å². The maximum atomic E-state index is 13.5. The van der Waals surface area contributed by atoms with Gasteiger partial charge in [0.1, 0.15) is 12.3 Å². The molecule has 0 saturated carbocycles. The molecule has 9 nitrogen and oxygen atoms in total. The highest BCUT2D eigenvalue weighted by atomic mass is 16.6. The summed E-state index contributed by atoms with van der Waals surface area (Å²) >= 11 is 0. The number of nitrogens with one attached hydrogen (secondary N) is 1. The van der Waals surface area contributed by atoms with Gasteiger partial charge in [0.05, 0.1) is 25.6 Å². The predicted molar refractivity (Wildman–Crippen MR) is 120 cm³/mol. The van der Waals surface area contributed by atoms with Gasteiger partial charge in [-0.3, -0.25) is 4.79 Å². The second-order valence-corrected chi connectivity index (χ2v) is 9.37. The van der Waals surface area contributed by atoms with Gasteiger partial charge in [-0.15, -0.1) is 0 Å². The van der Waals surface area contributed by atoms with Crippen LogP contribution in [0.25, 0.3) is 0 Å². The Bertz CT molecular complexity index is 1150. The van der Waals surface area contributed by atoms with Crippen molar-refractivity contribution in [1.82, 2.24) is 5.16 Å². The number of ether oxygens (including phenoxy) is 1. The number of esters is 1. The number of rotatable bonds is 7. The van der Waals surface area contributed by atoms with Crippen molar-refractivity contribution < 1.29 is 32.9 Å². The highest BCUT2D eigenvalue weighted by Crippen LogP contribution is 2.38. The molecular formula is C25H28N3O6+. The summed E-state index contributed by atoms with van der Waals surface area (Å²) in [5.74, 6) is 0.326. The van der Waals surface area contributed by atoms with Crippen LogP contribution in [0.1, 0.15) is 29.7 Å². The van der Waals surface area contributed by atoms with Crippen LogP contribution in [-0.4, -0.2) is 58.9 Å². The maximum Gasteiger partial charge on any atom is 0.348 e. The fourth-order valence-corrected chi connectivity index (χ4v) is 5.26. The van der Waals surface area contributed by atoms with Crippen molar-refractivity contribution in [2.45, 2.75) is 31.5 Å². The SMILES string of the molecule is Cc1cc(NC(=O)C[N+]23CCC(CC2)C(OC(=O)[C@@](O)(c2ccccc2)c2ccoc2)C3)no1. The second kappa shape index (κ2) is 8.73. The molecule has 3 aromatic rings. The van der Waals surface area contributed by atoms with Gasteiger partial charge in [-0.25, -0.2) is 4.79 Å². The third-order valence-electron chi connectivity index (χ3n) is 7.10. The van der Waals surface area contributed by atoms with E-state index in [0.717, 1.165) is 25.9 Å². The molecule has 2 N–H and O–H groups in total. The zero-order valence-electron chi connectivity index (χ0n) is 19.0. The molecule has 0 aliphatic carbocycles. The number of furan rings is 1. The molecule has 2 aromatic heterocycles. The Morgan fingerprint density at radius 2 is 1.97 bits per heavy atom. The minimum atomic E-state index is -1.98. The minimum Gasteiger partial charge on any atom is -0.472 e. The van der Waals surface area contributed by atoms with Gasteiger partial charge >= 0.3 is 5.97 Å². The number of aryl methyl sites for hydroxylation is 1. The Morgan fingerprint density at radius 3 is 2.62 bits per heavy atom. The number of amides is 1. The van der Waals surface area contributed by atoms with Gasteiger partial charge in [-0.2, -0.15) is 0 Å². The highest BCUT2D eigenvalue weighted by molar-refractivity contribution is 5.90. The lowest BCUT2D eigenvalue weighted by Crippen LogP contribution is -2.66. The first-order chi connectivity index (χ1) is 16.4. The first kappa shape index (κ1) is 22.4. The summed E-state index contributed by atoms with van der Waals surface area (Å²) < 4.78 is 16.7. The van der Waals surface area contributed by atoms with Gasteiger partial charge < -0.3 is 28.6 Å². The van der Waals surface area contributed by atoms with Crippen LogP contribution in [0.4, 0.5) is 5.82 Å². The Balaban J connectivity index is 1.32. The highest BCUT2D eigenvalue weighted by Gasteiger charge is 2.51. The Kier molecular flexibility index (Phi) is 5.75. The number of carbonyl (C=O) groups is 2. The number of hydrogen-bond donors (Lipinski definition) is 2. The molecule has 34 heavy (non-hydrogen) atoms. The molecule has 9 heteroatoms. The molecule has 3 fully saturated rings. The Hall–Kier alpha value is -3.43. The number of quaternary nitrogens is 1. The van der Waals surface area contributed by atoms with Crippen LogP contribution >= 0.6 is 0 Å². The molecule has 3 aliphatic heterocycles. The number of aromatic nitrogens is 1. The largest absolute Gasteiger partial charge is 0.472 e. The summed E-state index contributed by atoms with van der Waals surface area (Å²) in [6, 6.07) is 12.0. The van der Waals surface area contributed by atoms with Crippen LogP contribution in [0, 0.1) is 12.8 Å². The average molecular weight is 467 g/mol. The number of anilines is 1. The van der Waals surface area contributed by atoms with Gasteiger partial charge in [0.2, 0.25) is 5.60 Å². The van der Waals surface area contributed by atoms with Crippen LogP contribution in [0.5, 0.6) is 0 Å². The number of fused-ring (bicyclic) bond motifs is 3. The molecule has 3 saturated heterocycles. The van der Waals surface area contributed by atoms with Crippen LogP contribution in [-0.2, 0) is 19.9 Å². The number of carbonyl (C=O) groups excluding carboxylic acids is 2. The fourth-order valence-electron chi connectivity index (χ4n) is 5.26. The Morgan fingerprint density at radius 1 is 1.21 bits per heavy atom. The number of hydrogen-bond acceptors (Lipinski definition) is 7. The van der Waals surface area contributed by atoms with E-state index in [1.165, 1.54) is 12.5 Å². The fraction of sp³-hybridized carbons (Fsp3) is 0.400. The van der Waals surface area contributed by atoms with E-state index in [-0.39, 0.29) is 24.5 Å². The van der Waals surface area contributed by atoms with Gasteiger partial charge in [-0.1, -0.05) is 35.5 Å². The van der Waals surface area contributed by atoms with E-state index in [2.05, 4.69) is 10.5 Å². The summed E-state index contributed by atoms with van der Waals surface area (Å²) in [6.07, 6.45) is 4.08. The Labute approximate surface area is 196 Å². The van der Waals surface area contributed by atoms with E-state index in [4.69, 9.17) is 13.7 Å². The van der Waals surface area contributed by atoms with Crippen molar-refractivity contribution in [1.29, 1.82) is 0 Å². The molecule has 0 radical (unpaired) electrons. The van der Waals surface area contributed by atoms with E-state index >= 15 is 0 Å². The minimum absolute atomic E-state index is 0.155. The molecule has 6 rings (SSSR count). The summed E-state index contributed by atoms with van der Waals surface area (Å²) in [6.45, 7) is 4.23. The van der Waals surface area contributed by atoms with Crippen LogP contribution in [0.3, 0.4) is 0 Å². The molecule has 1 aromatic carbocycles. The van der Waals surface area contributed by atoms with Crippen LogP contribution < -0.4 is 5.32 Å². The topological polar surface area (TPSA) is 115 Å². The van der Waals surface area contributed by atoms with E-state index < -0.39 is 11.6 Å². The molecule has 1 amide bonds. The summed E-state index contributed by atoms with van der Waals surface area (Å²) in [5.41, 5.74) is -1.25. The molecule has 5 heterocycles. The normalized spacial score (nSPS) is 25.5. The summed E-state index contributed by atoms with van der Waals surface area (Å²) in [5, 5.41) is 18.2. The van der Waals surface area contributed by atoms with Crippen molar-refractivity contribution in [2.75, 3.05) is 31.5 Å². The number of piperidine rings is 3. The van der Waals surface area contributed by atoms with Crippen molar-refractivity contribution in [2.24, 2.45) is 5.92 Å². The quantitative estimate of drug-likeness (QED) is 0.406. The smallest absolute Gasteiger partial charge is 0.348 e.